The molecule has 0 N–H and O–H groups in total. The van der Waals surface area contributed by atoms with Gasteiger partial charge in [0.15, 0.2) is 0 Å². The molecule has 0 amide bonds. The number of rotatable bonds is 2. The highest BCUT2D eigenvalue weighted by Gasteiger charge is 2.47. The molecule has 0 saturated heterocycles. The van der Waals surface area contributed by atoms with Gasteiger partial charge in [-0.05, 0) is 13.0 Å². The molecule has 2 aromatic carbocycles. The minimum Gasteiger partial charge on any atom is -0.330 e. The Kier molecular flexibility index (Phi) is 4.81. The first kappa shape index (κ1) is 19.1. The Morgan fingerprint density at radius 2 is 1.63 bits per heavy atom. The van der Waals surface area contributed by atoms with Crippen LogP contribution in [0.1, 0.15) is 18.1 Å². The van der Waals surface area contributed by atoms with E-state index in [1.807, 2.05) is 30.3 Å². The highest BCUT2D eigenvalue weighted by atomic mass is 32.2. The van der Waals surface area contributed by atoms with Gasteiger partial charge < -0.3 is 4.90 Å². The Hall–Kier alpha value is -2.68. The molecule has 1 heterocycles. The summed E-state index contributed by atoms with van der Waals surface area (Å²) >= 11 is 0. The largest absolute Gasteiger partial charge is 0.518 e. The van der Waals surface area contributed by atoms with Crippen LogP contribution in [0, 0.1) is 0 Å². The monoisotopic (exact) mass is 395 g/mol. The van der Waals surface area contributed by atoms with Crippen LogP contribution in [-0.4, -0.2) is 38.6 Å². The van der Waals surface area contributed by atoms with E-state index in [9.17, 15) is 21.6 Å². The van der Waals surface area contributed by atoms with Gasteiger partial charge >= 0.3 is 15.5 Å². The van der Waals surface area contributed by atoms with Gasteiger partial charge in [0.1, 0.15) is 11.9 Å². The molecule has 0 fully saturated rings. The van der Waals surface area contributed by atoms with Crippen LogP contribution in [-0.2, 0) is 10.0 Å². The Balaban J connectivity index is 2.24. The average molecular weight is 395 g/mol. The van der Waals surface area contributed by atoms with Crippen molar-refractivity contribution in [3.05, 3.63) is 65.7 Å². The maximum atomic E-state index is 12.8. The quantitative estimate of drug-likeness (QED) is 0.781. The van der Waals surface area contributed by atoms with E-state index < -0.39 is 21.6 Å². The number of benzene rings is 2. The molecule has 3 rings (SSSR count). The molecule has 0 aromatic heterocycles. The smallest absolute Gasteiger partial charge is 0.330 e. The van der Waals surface area contributed by atoms with Crippen LogP contribution in [0.3, 0.4) is 0 Å². The summed E-state index contributed by atoms with van der Waals surface area (Å²) in [5.41, 5.74) is -2.96. The van der Waals surface area contributed by atoms with Crippen LogP contribution < -0.4 is 4.90 Å². The Labute approximate surface area is 154 Å². The second-order valence-corrected chi connectivity index (χ2v) is 7.56. The fourth-order valence-corrected chi connectivity index (χ4v) is 3.45. The lowest BCUT2D eigenvalue weighted by atomic mass is 10.0. The fourth-order valence-electron chi connectivity index (χ4n) is 2.83. The minimum absolute atomic E-state index is 0.300. The summed E-state index contributed by atoms with van der Waals surface area (Å²) in [6, 6.07) is 15.2. The highest BCUT2D eigenvalue weighted by molar-refractivity contribution is 7.91. The molecule has 27 heavy (non-hydrogen) atoms. The van der Waals surface area contributed by atoms with Gasteiger partial charge in [0.25, 0.3) is 0 Å². The standard InChI is InChI=1S/C18H16F3N3O2S/c1-12-17(23-27(25,26)18(19,20)21)24(2)15-11-7-6-10-14(15)16(22-12)13-8-4-3-5-9-13/h3-12H,1-2H3/b23-17+. The summed E-state index contributed by atoms with van der Waals surface area (Å²) in [6.45, 7) is 1.51. The summed E-state index contributed by atoms with van der Waals surface area (Å²) in [5.74, 6) is -0.300. The van der Waals surface area contributed by atoms with Crippen molar-refractivity contribution in [2.45, 2.75) is 18.5 Å². The Morgan fingerprint density at radius 1 is 1.04 bits per heavy atom. The van der Waals surface area contributed by atoms with E-state index >= 15 is 0 Å². The average Bonchev–Trinajstić information content (AvgIpc) is 2.72. The van der Waals surface area contributed by atoms with E-state index in [0.29, 0.717) is 17.0 Å². The number of benzodiazepines with no additional fused rings is 1. The molecule has 2 aromatic rings. The maximum Gasteiger partial charge on any atom is 0.518 e. The van der Waals surface area contributed by atoms with E-state index in [1.54, 1.807) is 24.3 Å². The lowest BCUT2D eigenvalue weighted by molar-refractivity contribution is -0.0435. The molecular formula is C18H16F3N3O2S. The van der Waals surface area contributed by atoms with Gasteiger partial charge in [-0.15, -0.1) is 4.40 Å². The summed E-state index contributed by atoms with van der Waals surface area (Å²) in [5, 5.41) is 0. The number of likely N-dealkylation sites (N-methyl/N-ethyl adjacent to an activating group) is 1. The predicted octanol–water partition coefficient (Wildman–Crippen LogP) is 3.61. The van der Waals surface area contributed by atoms with Crippen LogP contribution >= 0.6 is 0 Å². The normalized spacial score (nSPS) is 19.4. The van der Waals surface area contributed by atoms with E-state index in [0.717, 1.165) is 5.56 Å². The summed E-state index contributed by atoms with van der Waals surface area (Å²) in [4.78, 5) is 5.83. The SMILES string of the molecule is CC1N=C(c2ccccc2)c2ccccc2N(C)/C1=N/S(=O)(=O)C(F)(F)F. The number of hydrogen-bond acceptors (Lipinski definition) is 3. The van der Waals surface area contributed by atoms with Gasteiger partial charge in [0.2, 0.25) is 0 Å². The third-order valence-corrected chi connectivity index (χ3v) is 5.13. The van der Waals surface area contributed by atoms with Crippen LogP contribution in [0.5, 0.6) is 0 Å². The third-order valence-electron chi connectivity index (χ3n) is 4.11. The van der Waals surface area contributed by atoms with Crippen molar-refractivity contribution >= 4 is 27.3 Å². The molecule has 1 atom stereocenters. The molecule has 5 nitrogen and oxygen atoms in total. The summed E-state index contributed by atoms with van der Waals surface area (Å²) in [6.07, 6.45) is 0. The first-order chi connectivity index (χ1) is 12.6. The molecular weight excluding hydrogens is 379 g/mol. The number of fused-ring (bicyclic) bond motifs is 1. The Bertz CT molecular complexity index is 1020. The van der Waals surface area contributed by atoms with E-state index in [1.165, 1.54) is 18.9 Å². The van der Waals surface area contributed by atoms with Gasteiger partial charge in [-0.2, -0.15) is 21.6 Å². The molecule has 0 saturated carbocycles. The van der Waals surface area contributed by atoms with Gasteiger partial charge in [-0.1, -0.05) is 48.5 Å². The van der Waals surface area contributed by atoms with Crippen molar-refractivity contribution in [1.29, 1.82) is 0 Å². The number of alkyl halides is 3. The molecule has 0 radical (unpaired) electrons. The van der Waals surface area contributed by atoms with Crippen LogP contribution in [0.15, 0.2) is 64.0 Å². The van der Waals surface area contributed by atoms with Crippen molar-refractivity contribution in [1.82, 2.24) is 0 Å². The molecule has 0 bridgehead atoms. The summed E-state index contributed by atoms with van der Waals surface area (Å²) < 4.78 is 64.8. The van der Waals surface area contributed by atoms with Gasteiger partial charge in [-0.25, -0.2) is 0 Å². The maximum absolute atomic E-state index is 12.8. The van der Waals surface area contributed by atoms with Crippen LogP contribution in [0.2, 0.25) is 0 Å². The number of anilines is 1. The Morgan fingerprint density at radius 3 is 2.26 bits per heavy atom. The van der Waals surface area contributed by atoms with Gasteiger partial charge in [-0.3, -0.25) is 4.99 Å². The number of para-hydroxylation sites is 1. The van der Waals surface area contributed by atoms with Crippen molar-refractivity contribution in [3.63, 3.8) is 0 Å². The zero-order valence-corrected chi connectivity index (χ0v) is 15.3. The number of aliphatic imine (C=N–C) groups is 1. The van der Waals surface area contributed by atoms with E-state index in [-0.39, 0.29) is 5.84 Å². The lowest BCUT2D eigenvalue weighted by Gasteiger charge is -2.23. The topological polar surface area (TPSA) is 62.1 Å². The van der Waals surface area contributed by atoms with E-state index in [4.69, 9.17) is 0 Å². The summed E-state index contributed by atoms with van der Waals surface area (Å²) in [7, 11) is -4.21. The minimum atomic E-state index is -5.69. The number of amidine groups is 1. The molecule has 0 spiro atoms. The molecule has 142 valence electrons. The number of halogens is 3. The predicted molar refractivity (Wildman–Crippen MR) is 98.8 cm³/mol. The highest BCUT2D eigenvalue weighted by Crippen LogP contribution is 2.30. The van der Waals surface area contributed by atoms with Crippen molar-refractivity contribution in [2.75, 3.05) is 11.9 Å². The molecule has 1 aliphatic rings. The third kappa shape index (κ3) is 3.59. The fraction of sp³-hybridized carbons (Fsp3) is 0.222. The zero-order chi connectivity index (χ0) is 19.8. The number of hydrogen-bond donors (Lipinski definition) is 0. The molecule has 0 aliphatic carbocycles. The van der Waals surface area contributed by atoms with Crippen molar-refractivity contribution < 1.29 is 21.6 Å². The van der Waals surface area contributed by atoms with Crippen molar-refractivity contribution in [3.8, 4) is 0 Å². The molecule has 1 unspecified atom stereocenters. The van der Waals surface area contributed by atoms with Crippen LogP contribution in [0.25, 0.3) is 0 Å². The first-order valence-electron chi connectivity index (χ1n) is 7.99. The van der Waals surface area contributed by atoms with E-state index in [2.05, 4.69) is 9.39 Å². The van der Waals surface area contributed by atoms with Crippen LogP contribution in [0.4, 0.5) is 18.9 Å². The van der Waals surface area contributed by atoms with Crippen molar-refractivity contribution in [2.24, 2.45) is 9.39 Å². The molecule has 1 aliphatic heterocycles. The number of nitrogens with zero attached hydrogens (tertiary/aromatic N) is 3. The first-order valence-corrected chi connectivity index (χ1v) is 9.43. The van der Waals surface area contributed by atoms with Gasteiger partial charge in [0.05, 0.1) is 11.4 Å². The van der Waals surface area contributed by atoms with Gasteiger partial charge in [0, 0.05) is 18.2 Å². The second kappa shape index (κ2) is 6.80. The molecule has 9 heteroatoms. The zero-order valence-electron chi connectivity index (χ0n) is 14.5. The second-order valence-electron chi connectivity index (χ2n) is 5.97. The lowest BCUT2D eigenvalue weighted by Crippen LogP contribution is -2.36. The number of sulfonamides is 1.